The normalized spacial score (nSPS) is 14.3. The van der Waals surface area contributed by atoms with Crippen molar-refractivity contribution in [1.29, 1.82) is 0 Å². The third-order valence-electron chi connectivity index (χ3n) is 3.14. The minimum absolute atomic E-state index is 0.0980. The summed E-state index contributed by atoms with van der Waals surface area (Å²) in [7, 11) is 1.76. The van der Waals surface area contributed by atoms with Gasteiger partial charge in [-0.15, -0.1) is 0 Å². The molecule has 0 unspecified atom stereocenters. The summed E-state index contributed by atoms with van der Waals surface area (Å²) in [6.07, 6.45) is 2.55. The van der Waals surface area contributed by atoms with E-state index in [1.807, 2.05) is 6.92 Å². The van der Waals surface area contributed by atoms with Gasteiger partial charge in [0.05, 0.1) is 6.61 Å². The van der Waals surface area contributed by atoms with E-state index in [1.54, 1.807) is 11.9 Å². The molecule has 1 saturated carbocycles. The quantitative estimate of drug-likeness (QED) is 0.713. The van der Waals surface area contributed by atoms with Crippen molar-refractivity contribution in [2.75, 3.05) is 44.4 Å². The first-order valence-electron chi connectivity index (χ1n) is 6.95. The van der Waals surface area contributed by atoms with Gasteiger partial charge >= 0.3 is 0 Å². The molecule has 1 aliphatic carbocycles. The molecule has 3 N–H and O–H groups in total. The van der Waals surface area contributed by atoms with Gasteiger partial charge in [0, 0.05) is 26.7 Å². The van der Waals surface area contributed by atoms with E-state index >= 15 is 0 Å². The number of thiazole rings is 1. The van der Waals surface area contributed by atoms with Crippen LogP contribution in [-0.2, 0) is 4.74 Å². The highest BCUT2D eigenvalue weighted by Crippen LogP contribution is 2.28. The summed E-state index contributed by atoms with van der Waals surface area (Å²) < 4.78 is 5.54. The maximum Gasteiger partial charge on any atom is 0.267 e. The third kappa shape index (κ3) is 4.08. The van der Waals surface area contributed by atoms with Crippen LogP contribution in [0, 0.1) is 5.92 Å². The van der Waals surface area contributed by atoms with E-state index in [9.17, 15) is 4.79 Å². The number of ether oxygens (including phenoxy) is 1. The predicted molar refractivity (Wildman–Crippen MR) is 81.2 cm³/mol. The maximum absolute atomic E-state index is 12.3. The van der Waals surface area contributed by atoms with Crippen LogP contribution in [0.5, 0.6) is 0 Å². The molecule has 0 saturated heterocycles. The number of nitrogens with zero attached hydrogens (tertiary/aromatic N) is 2. The van der Waals surface area contributed by atoms with Gasteiger partial charge < -0.3 is 20.7 Å². The Morgan fingerprint density at radius 3 is 3.00 bits per heavy atom. The summed E-state index contributed by atoms with van der Waals surface area (Å²) >= 11 is 1.30. The molecule has 1 aliphatic rings. The number of amides is 1. The predicted octanol–water partition coefficient (Wildman–Crippen LogP) is 1.66. The van der Waals surface area contributed by atoms with Crippen molar-refractivity contribution in [2.45, 2.75) is 19.8 Å². The van der Waals surface area contributed by atoms with Gasteiger partial charge in [0.25, 0.3) is 5.91 Å². The van der Waals surface area contributed by atoms with Crippen LogP contribution in [0.15, 0.2) is 0 Å². The fourth-order valence-electron chi connectivity index (χ4n) is 1.72. The number of hydrogen-bond donors (Lipinski definition) is 2. The molecule has 112 valence electrons. The highest BCUT2D eigenvalue weighted by Gasteiger charge is 2.22. The Balaban J connectivity index is 1.81. The van der Waals surface area contributed by atoms with Gasteiger partial charge in [-0.3, -0.25) is 4.79 Å². The average Bonchev–Trinajstić information content (AvgIpc) is 3.17. The van der Waals surface area contributed by atoms with Gasteiger partial charge in [0.1, 0.15) is 10.7 Å². The molecule has 2 rings (SSSR count). The highest BCUT2D eigenvalue weighted by atomic mass is 32.1. The number of nitrogen functional groups attached to an aromatic ring is 1. The molecule has 0 bridgehead atoms. The summed E-state index contributed by atoms with van der Waals surface area (Å²) in [5.41, 5.74) is 5.79. The first-order valence-corrected chi connectivity index (χ1v) is 7.76. The van der Waals surface area contributed by atoms with E-state index in [2.05, 4.69) is 10.3 Å². The molecule has 20 heavy (non-hydrogen) atoms. The van der Waals surface area contributed by atoms with Crippen LogP contribution in [-0.4, -0.2) is 49.1 Å². The van der Waals surface area contributed by atoms with Gasteiger partial charge in [-0.2, -0.15) is 0 Å². The smallest absolute Gasteiger partial charge is 0.267 e. The van der Waals surface area contributed by atoms with E-state index < -0.39 is 0 Å². The van der Waals surface area contributed by atoms with E-state index in [0.29, 0.717) is 29.0 Å². The molecular formula is C13H22N4O2S. The van der Waals surface area contributed by atoms with Crippen LogP contribution >= 0.6 is 11.3 Å². The molecule has 1 aromatic rings. The van der Waals surface area contributed by atoms with Crippen molar-refractivity contribution in [1.82, 2.24) is 9.88 Å². The molecule has 6 nitrogen and oxygen atoms in total. The monoisotopic (exact) mass is 298 g/mol. The number of carbonyl (C=O) groups is 1. The first kappa shape index (κ1) is 15.1. The lowest BCUT2D eigenvalue weighted by molar-refractivity contribution is 0.0686. The molecule has 0 spiro atoms. The Labute approximate surface area is 123 Å². The lowest BCUT2D eigenvalue weighted by Gasteiger charge is -2.16. The van der Waals surface area contributed by atoms with Crippen LogP contribution in [0.25, 0.3) is 0 Å². The standard InChI is InChI=1S/C13H22N4O2S/c1-3-15-13-16-11(14)10(20-13)12(18)17(2)6-7-19-8-9-4-5-9/h9H,3-8,14H2,1-2H3,(H,15,16). The van der Waals surface area contributed by atoms with Crippen LogP contribution in [0.2, 0.25) is 0 Å². The van der Waals surface area contributed by atoms with E-state index in [0.717, 1.165) is 19.1 Å². The van der Waals surface area contributed by atoms with Crippen molar-refractivity contribution in [2.24, 2.45) is 5.92 Å². The summed E-state index contributed by atoms with van der Waals surface area (Å²) in [5.74, 6) is 0.941. The van der Waals surface area contributed by atoms with E-state index in [4.69, 9.17) is 10.5 Å². The number of carbonyl (C=O) groups excluding carboxylic acids is 1. The Morgan fingerprint density at radius 1 is 1.60 bits per heavy atom. The summed E-state index contributed by atoms with van der Waals surface area (Å²) in [6, 6.07) is 0. The molecule has 7 heteroatoms. The van der Waals surface area contributed by atoms with Crippen LogP contribution < -0.4 is 11.1 Å². The summed E-state index contributed by atoms with van der Waals surface area (Å²) in [5, 5.41) is 3.75. The molecule has 1 fully saturated rings. The number of anilines is 2. The van der Waals surface area contributed by atoms with Gasteiger partial charge in [-0.25, -0.2) is 4.98 Å². The van der Waals surface area contributed by atoms with E-state index in [1.165, 1.54) is 24.2 Å². The molecule has 1 amide bonds. The second-order valence-electron chi connectivity index (χ2n) is 5.01. The lowest BCUT2D eigenvalue weighted by atomic mass is 10.4. The van der Waals surface area contributed by atoms with Crippen LogP contribution in [0.4, 0.5) is 10.9 Å². The number of likely N-dealkylation sites (N-methyl/N-ethyl adjacent to an activating group) is 1. The van der Waals surface area contributed by atoms with Crippen molar-refractivity contribution in [3.05, 3.63) is 4.88 Å². The third-order valence-corrected chi connectivity index (χ3v) is 4.16. The Hall–Kier alpha value is -1.34. The SMILES string of the molecule is CCNc1nc(N)c(C(=O)N(C)CCOCC2CC2)s1. The number of nitrogens with one attached hydrogen (secondary N) is 1. The largest absolute Gasteiger partial charge is 0.382 e. The molecule has 0 radical (unpaired) electrons. The van der Waals surface area contributed by atoms with Gasteiger partial charge in [-0.1, -0.05) is 11.3 Å². The average molecular weight is 298 g/mol. The Kier molecular flexibility index (Phi) is 5.19. The second-order valence-corrected chi connectivity index (χ2v) is 6.01. The van der Waals surface area contributed by atoms with Gasteiger partial charge in [0.15, 0.2) is 5.13 Å². The zero-order chi connectivity index (χ0) is 14.5. The van der Waals surface area contributed by atoms with Gasteiger partial charge in [0.2, 0.25) is 0 Å². The Bertz CT molecular complexity index is 459. The minimum atomic E-state index is -0.0980. The highest BCUT2D eigenvalue weighted by molar-refractivity contribution is 7.18. The van der Waals surface area contributed by atoms with Crippen molar-refractivity contribution >= 4 is 28.2 Å². The molecule has 1 heterocycles. The zero-order valence-electron chi connectivity index (χ0n) is 12.0. The maximum atomic E-state index is 12.3. The molecular weight excluding hydrogens is 276 g/mol. The molecule has 0 aromatic carbocycles. The van der Waals surface area contributed by atoms with Crippen LogP contribution in [0.3, 0.4) is 0 Å². The summed E-state index contributed by atoms with van der Waals surface area (Å²) in [6.45, 7) is 4.68. The lowest BCUT2D eigenvalue weighted by Crippen LogP contribution is -2.30. The number of nitrogens with two attached hydrogens (primary N) is 1. The Morgan fingerprint density at radius 2 is 2.35 bits per heavy atom. The van der Waals surface area contributed by atoms with Crippen molar-refractivity contribution in [3.8, 4) is 0 Å². The first-order chi connectivity index (χ1) is 9.61. The fraction of sp³-hybridized carbons (Fsp3) is 0.692. The second kappa shape index (κ2) is 6.90. The molecule has 0 atom stereocenters. The van der Waals surface area contributed by atoms with Crippen molar-refractivity contribution in [3.63, 3.8) is 0 Å². The van der Waals surface area contributed by atoms with Crippen molar-refractivity contribution < 1.29 is 9.53 Å². The number of aromatic nitrogens is 1. The minimum Gasteiger partial charge on any atom is -0.382 e. The number of rotatable bonds is 8. The molecule has 0 aliphatic heterocycles. The van der Waals surface area contributed by atoms with E-state index in [-0.39, 0.29) is 5.91 Å². The molecule has 1 aromatic heterocycles. The zero-order valence-corrected chi connectivity index (χ0v) is 12.8. The summed E-state index contributed by atoms with van der Waals surface area (Å²) in [4.78, 5) is 18.5. The topological polar surface area (TPSA) is 80.5 Å². The number of hydrogen-bond acceptors (Lipinski definition) is 6. The fourth-order valence-corrected chi connectivity index (χ4v) is 2.67. The van der Waals surface area contributed by atoms with Crippen LogP contribution in [0.1, 0.15) is 29.4 Å². The van der Waals surface area contributed by atoms with Gasteiger partial charge in [-0.05, 0) is 25.7 Å².